The van der Waals surface area contributed by atoms with E-state index in [-0.39, 0.29) is 13.2 Å². The molecule has 6 heteroatoms. The summed E-state index contributed by atoms with van der Waals surface area (Å²) in [6.45, 7) is -0.0233. The van der Waals surface area contributed by atoms with E-state index in [2.05, 4.69) is 20.6 Å². The quantitative estimate of drug-likeness (QED) is 0.499. The van der Waals surface area contributed by atoms with E-state index >= 15 is 0 Å². The molecule has 0 aliphatic carbocycles. The molecule has 0 fully saturated rings. The Morgan fingerprint density at radius 3 is 2.79 bits per heavy atom. The number of rotatable bonds is 5. The second-order valence-electron chi connectivity index (χ2n) is 2.76. The monoisotopic (exact) mass is 198 g/mol. The van der Waals surface area contributed by atoms with Gasteiger partial charge in [-0.15, -0.1) is 0 Å². The van der Waals surface area contributed by atoms with Crippen LogP contribution in [0.1, 0.15) is 0 Å². The van der Waals surface area contributed by atoms with Crippen molar-refractivity contribution in [3.05, 3.63) is 12.4 Å². The van der Waals surface area contributed by atoms with Crippen LogP contribution < -0.4 is 10.6 Å². The maximum atomic E-state index is 9.07. The van der Waals surface area contributed by atoms with Crippen molar-refractivity contribution in [1.82, 2.24) is 9.97 Å². The van der Waals surface area contributed by atoms with Gasteiger partial charge >= 0.3 is 0 Å². The minimum Gasteiger partial charge on any atom is -0.394 e. The highest BCUT2D eigenvalue weighted by molar-refractivity contribution is 5.40. The number of aliphatic hydroxyl groups is 2. The molecule has 0 aromatic carbocycles. The highest BCUT2D eigenvalue weighted by Gasteiger charge is 2.02. The summed E-state index contributed by atoms with van der Waals surface area (Å²) in [6, 6.07) is 0. The van der Waals surface area contributed by atoms with Gasteiger partial charge in [-0.1, -0.05) is 0 Å². The first-order chi connectivity index (χ1) is 6.76. The molecular formula is C8H14N4O2. The van der Waals surface area contributed by atoms with E-state index in [0.29, 0.717) is 11.6 Å². The van der Waals surface area contributed by atoms with Crippen molar-refractivity contribution < 1.29 is 10.2 Å². The Kier molecular flexibility index (Phi) is 4.09. The van der Waals surface area contributed by atoms with Gasteiger partial charge in [-0.3, -0.25) is 4.98 Å². The normalized spacial score (nSPS) is 12.2. The van der Waals surface area contributed by atoms with Crippen LogP contribution in [0.15, 0.2) is 12.4 Å². The van der Waals surface area contributed by atoms with Gasteiger partial charge < -0.3 is 20.8 Å². The van der Waals surface area contributed by atoms with E-state index in [1.54, 1.807) is 19.4 Å². The van der Waals surface area contributed by atoms with Crippen molar-refractivity contribution >= 4 is 11.6 Å². The van der Waals surface area contributed by atoms with Gasteiger partial charge in [0.1, 0.15) is 11.6 Å². The zero-order chi connectivity index (χ0) is 10.4. The molecule has 0 spiro atoms. The van der Waals surface area contributed by atoms with Crippen LogP contribution in [-0.4, -0.2) is 46.5 Å². The van der Waals surface area contributed by atoms with Gasteiger partial charge in [-0.25, -0.2) is 4.98 Å². The zero-order valence-corrected chi connectivity index (χ0v) is 7.94. The van der Waals surface area contributed by atoms with E-state index in [0.717, 1.165) is 0 Å². The molecule has 0 amide bonds. The molecule has 78 valence electrons. The molecule has 0 aliphatic rings. The first-order valence-corrected chi connectivity index (χ1v) is 4.29. The summed E-state index contributed by atoms with van der Waals surface area (Å²) < 4.78 is 0. The molecule has 0 radical (unpaired) electrons. The minimum absolute atomic E-state index is 0.248. The summed E-state index contributed by atoms with van der Waals surface area (Å²) in [6.07, 6.45) is 2.36. The van der Waals surface area contributed by atoms with Crippen LogP contribution in [0.25, 0.3) is 0 Å². The molecular weight excluding hydrogens is 184 g/mol. The number of aliphatic hydroxyl groups excluding tert-OH is 2. The molecule has 1 unspecified atom stereocenters. The summed E-state index contributed by atoms with van der Waals surface area (Å²) >= 11 is 0. The van der Waals surface area contributed by atoms with Crippen LogP contribution in [0.2, 0.25) is 0 Å². The number of anilines is 2. The average Bonchev–Trinajstić information content (AvgIpc) is 2.26. The van der Waals surface area contributed by atoms with Gasteiger partial charge in [-0.2, -0.15) is 0 Å². The lowest BCUT2D eigenvalue weighted by molar-refractivity contribution is 0.105. The standard InChI is InChI=1S/C8H14N4O2/c1-9-7-3-10-4-8(12-7)11-2-6(14)5-13/h3-4,6,13-14H,2,5H2,1H3,(H2,9,11,12). The molecule has 0 bridgehead atoms. The Bertz CT molecular complexity index is 282. The fourth-order valence-electron chi connectivity index (χ4n) is 0.859. The zero-order valence-electron chi connectivity index (χ0n) is 7.94. The maximum absolute atomic E-state index is 9.07. The van der Waals surface area contributed by atoms with Crippen molar-refractivity contribution in [2.45, 2.75) is 6.10 Å². The average molecular weight is 198 g/mol. The second-order valence-corrected chi connectivity index (χ2v) is 2.76. The number of nitrogens with one attached hydrogen (secondary N) is 2. The summed E-state index contributed by atoms with van der Waals surface area (Å²) in [5, 5.41) is 23.3. The largest absolute Gasteiger partial charge is 0.394 e. The van der Waals surface area contributed by atoms with Crippen molar-refractivity contribution in [2.24, 2.45) is 0 Å². The lowest BCUT2D eigenvalue weighted by Gasteiger charge is -2.09. The van der Waals surface area contributed by atoms with Crippen LogP contribution in [0.5, 0.6) is 0 Å². The van der Waals surface area contributed by atoms with Crippen molar-refractivity contribution in [2.75, 3.05) is 30.8 Å². The van der Waals surface area contributed by atoms with Crippen LogP contribution in [0, 0.1) is 0 Å². The SMILES string of the molecule is CNc1cncc(NCC(O)CO)n1. The smallest absolute Gasteiger partial charge is 0.147 e. The molecule has 1 rings (SSSR count). The van der Waals surface area contributed by atoms with Crippen LogP contribution in [-0.2, 0) is 0 Å². The highest BCUT2D eigenvalue weighted by atomic mass is 16.3. The fraction of sp³-hybridized carbons (Fsp3) is 0.500. The molecule has 0 saturated heterocycles. The molecule has 1 atom stereocenters. The first-order valence-electron chi connectivity index (χ1n) is 4.29. The maximum Gasteiger partial charge on any atom is 0.147 e. The molecule has 6 nitrogen and oxygen atoms in total. The third-order valence-corrected chi connectivity index (χ3v) is 1.62. The lowest BCUT2D eigenvalue weighted by atomic mass is 10.4. The molecule has 0 aliphatic heterocycles. The van der Waals surface area contributed by atoms with Gasteiger partial charge in [-0.05, 0) is 0 Å². The van der Waals surface area contributed by atoms with E-state index < -0.39 is 6.10 Å². The van der Waals surface area contributed by atoms with Crippen LogP contribution >= 0.6 is 0 Å². The number of aromatic nitrogens is 2. The van der Waals surface area contributed by atoms with Crippen LogP contribution in [0.3, 0.4) is 0 Å². The molecule has 4 N–H and O–H groups in total. The molecule has 0 saturated carbocycles. The number of hydrogen-bond acceptors (Lipinski definition) is 6. The van der Waals surface area contributed by atoms with E-state index in [9.17, 15) is 0 Å². The van der Waals surface area contributed by atoms with Gasteiger partial charge in [0.25, 0.3) is 0 Å². The summed E-state index contributed by atoms with van der Waals surface area (Å²) in [5.74, 6) is 1.21. The van der Waals surface area contributed by atoms with Crippen molar-refractivity contribution in [1.29, 1.82) is 0 Å². The molecule has 14 heavy (non-hydrogen) atoms. The third-order valence-electron chi connectivity index (χ3n) is 1.62. The highest BCUT2D eigenvalue weighted by Crippen LogP contribution is 2.05. The molecule has 1 aromatic heterocycles. The number of nitrogens with zero attached hydrogens (tertiary/aromatic N) is 2. The van der Waals surface area contributed by atoms with E-state index in [4.69, 9.17) is 10.2 Å². The molecule has 1 heterocycles. The first kappa shape index (κ1) is 10.7. The van der Waals surface area contributed by atoms with Gasteiger partial charge in [0.15, 0.2) is 0 Å². The van der Waals surface area contributed by atoms with Gasteiger partial charge in [0.2, 0.25) is 0 Å². The predicted molar refractivity (Wildman–Crippen MR) is 53.2 cm³/mol. The lowest BCUT2D eigenvalue weighted by Crippen LogP contribution is -2.23. The Hall–Kier alpha value is -1.40. The van der Waals surface area contributed by atoms with E-state index in [1.165, 1.54) is 0 Å². The summed E-state index contributed by atoms with van der Waals surface area (Å²) in [7, 11) is 1.75. The summed E-state index contributed by atoms with van der Waals surface area (Å²) in [5.41, 5.74) is 0. The summed E-state index contributed by atoms with van der Waals surface area (Å²) in [4.78, 5) is 8.05. The topological polar surface area (TPSA) is 90.3 Å². The van der Waals surface area contributed by atoms with Gasteiger partial charge in [0, 0.05) is 13.6 Å². The third kappa shape index (κ3) is 3.15. The van der Waals surface area contributed by atoms with Crippen LogP contribution in [0.4, 0.5) is 11.6 Å². The fourth-order valence-corrected chi connectivity index (χ4v) is 0.859. The Morgan fingerprint density at radius 2 is 2.14 bits per heavy atom. The Morgan fingerprint density at radius 1 is 1.43 bits per heavy atom. The Labute approximate surface area is 82.0 Å². The molecule has 1 aromatic rings. The van der Waals surface area contributed by atoms with Crippen molar-refractivity contribution in [3.63, 3.8) is 0 Å². The second kappa shape index (κ2) is 5.36. The van der Waals surface area contributed by atoms with Crippen molar-refractivity contribution in [3.8, 4) is 0 Å². The minimum atomic E-state index is -0.782. The van der Waals surface area contributed by atoms with Gasteiger partial charge in [0.05, 0.1) is 25.1 Å². The van der Waals surface area contributed by atoms with E-state index in [1.807, 2.05) is 0 Å². The number of hydrogen-bond donors (Lipinski definition) is 4. The predicted octanol–water partition coefficient (Wildman–Crippen LogP) is -0.717. The Balaban J connectivity index is 2.50.